The molecular formula is C8H11IO2. The molecule has 11 heavy (non-hydrogen) atoms. The van der Waals surface area contributed by atoms with Crippen LogP contribution in [0.1, 0.15) is 26.2 Å². The van der Waals surface area contributed by atoms with E-state index in [9.17, 15) is 4.79 Å². The minimum Gasteiger partial charge on any atom is -0.457 e. The van der Waals surface area contributed by atoms with E-state index in [0.717, 1.165) is 28.4 Å². The average Bonchev–Trinajstić information content (AvgIpc) is 2.29. The van der Waals surface area contributed by atoms with Crippen LogP contribution < -0.4 is 0 Å². The average molecular weight is 266 g/mol. The number of esters is 1. The molecule has 0 amide bonds. The van der Waals surface area contributed by atoms with Crippen molar-refractivity contribution in [3.05, 3.63) is 9.15 Å². The number of halogens is 1. The maximum atomic E-state index is 11.0. The number of cyclic esters (lactones) is 1. The van der Waals surface area contributed by atoms with Crippen molar-refractivity contribution < 1.29 is 9.53 Å². The Kier molecular flexibility index (Phi) is 3.36. The van der Waals surface area contributed by atoms with Crippen LogP contribution in [-0.4, -0.2) is 12.6 Å². The Balaban J connectivity index is 2.53. The molecule has 1 aliphatic rings. The molecule has 0 spiro atoms. The molecule has 0 saturated heterocycles. The molecule has 0 atom stereocenters. The summed E-state index contributed by atoms with van der Waals surface area (Å²) in [5.41, 5.74) is 0.896. The molecule has 1 heterocycles. The highest BCUT2D eigenvalue weighted by molar-refractivity contribution is 14.1. The van der Waals surface area contributed by atoms with Gasteiger partial charge in [-0.1, -0.05) is 13.3 Å². The molecule has 0 aromatic carbocycles. The molecule has 3 heteroatoms. The fourth-order valence-electron chi connectivity index (χ4n) is 1.01. The van der Waals surface area contributed by atoms with Crippen molar-refractivity contribution in [2.24, 2.45) is 0 Å². The van der Waals surface area contributed by atoms with E-state index in [1.165, 1.54) is 0 Å². The number of rotatable bonds is 3. The summed E-state index contributed by atoms with van der Waals surface area (Å²) in [6.07, 6.45) is 3.09. The van der Waals surface area contributed by atoms with Crippen molar-refractivity contribution in [3.63, 3.8) is 0 Å². The van der Waals surface area contributed by atoms with E-state index in [0.29, 0.717) is 6.61 Å². The molecule has 0 radical (unpaired) electrons. The minimum absolute atomic E-state index is 0.108. The van der Waals surface area contributed by atoms with E-state index < -0.39 is 0 Å². The van der Waals surface area contributed by atoms with Crippen LogP contribution in [0.25, 0.3) is 0 Å². The fraction of sp³-hybridized carbons (Fsp3) is 0.625. The van der Waals surface area contributed by atoms with Crippen molar-refractivity contribution in [2.75, 3.05) is 6.61 Å². The maximum absolute atomic E-state index is 11.0. The Morgan fingerprint density at radius 2 is 2.36 bits per heavy atom. The van der Waals surface area contributed by atoms with Crippen LogP contribution in [0.15, 0.2) is 9.15 Å². The largest absolute Gasteiger partial charge is 0.457 e. The predicted octanol–water partition coefficient (Wildman–Crippen LogP) is 2.42. The molecular weight excluding hydrogens is 255 g/mol. The van der Waals surface area contributed by atoms with Gasteiger partial charge in [0.05, 0.1) is 0 Å². The van der Waals surface area contributed by atoms with E-state index in [2.05, 4.69) is 29.5 Å². The highest BCUT2D eigenvalue weighted by atomic mass is 127. The summed E-state index contributed by atoms with van der Waals surface area (Å²) < 4.78 is 5.94. The molecule has 0 saturated carbocycles. The summed E-state index contributed by atoms with van der Waals surface area (Å²) in [6.45, 7) is 2.62. The number of hydrogen-bond acceptors (Lipinski definition) is 2. The van der Waals surface area contributed by atoms with Crippen molar-refractivity contribution in [2.45, 2.75) is 26.2 Å². The number of hydrogen-bond donors (Lipinski definition) is 0. The van der Waals surface area contributed by atoms with Crippen LogP contribution in [0.5, 0.6) is 0 Å². The van der Waals surface area contributed by atoms with Gasteiger partial charge in [-0.3, -0.25) is 0 Å². The predicted molar refractivity (Wildman–Crippen MR) is 51.5 cm³/mol. The molecule has 0 N–H and O–H groups in total. The summed E-state index contributed by atoms with van der Waals surface area (Å²) in [6, 6.07) is 0. The summed E-state index contributed by atoms with van der Waals surface area (Å²) in [5.74, 6) is -0.108. The summed E-state index contributed by atoms with van der Waals surface area (Å²) in [5, 5.41) is 0. The van der Waals surface area contributed by atoms with Crippen LogP contribution in [-0.2, 0) is 9.53 Å². The molecule has 0 aromatic heterocycles. The molecule has 0 unspecified atom stereocenters. The van der Waals surface area contributed by atoms with Gasteiger partial charge in [0, 0.05) is 9.15 Å². The molecule has 2 nitrogen and oxygen atoms in total. The van der Waals surface area contributed by atoms with E-state index in [-0.39, 0.29) is 5.97 Å². The smallest absolute Gasteiger partial charge is 0.335 e. The molecule has 0 bridgehead atoms. The number of unbranched alkanes of at least 4 members (excludes halogenated alkanes) is 1. The van der Waals surface area contributed by atoms with Crippen molar-refractivity contribution in [1.29, 1.82) is 0 Å². The highest BCUT2D eigenvalue weighted by Gasteiger charge is 2.21. The third-order valence-corrected chi connectivity index (χ3v) is 2.65. The van der Waals surface area contributed by atoms with Crippen LogP contribution in [0.4, 0.5) is 0 Å². The van der Waals surface area contributed by atoms with E-state index >= 15 is 0 Å². The monoisotopic (exact) mass is 266 g/mol. The van der Waals surface area contributed by atoms with Gasteiger partial charge in [-0.05, 0) is 35.4 Å². The van der Waals surface area contributed by atoms with Crippen molar-refractivity contribution >= 4 is 28.6 Å². The standard InChI is InChI=1S/C8H11IO2/c1-2-3-4-6-7(9)5-11-8(6)10/h2-5H2,1H3. The Bertz CT molecular complexity index is 196. The van der Waals surface area contributed by atoms with Crippen LogP contribution in [0.2, 0.25) is 0 Å². The van der Waals surface area contributed by atoms with Gasteiger partial charge >= 0.3 is 5.97 Å². The highest BCUT2D eigenvalue weighted by Crippen LogP contribution is 2.25. The Labute approximate surface area is 80.1 Å². The van der Waals surface area contributed by atoms with Gasteiger partial charge in [0.15, 0.2) is 0 Å². The topological polar surface area (TPSA) is 26.3 Å². The summed E-state index contributed by atoms with van der Waals surface area (Å²) >= 11 is 2.18. The summed E-state index contributed by atoms with van der Waals surface area (Å²) in [7, 11) is 0. The van der Waals surface area contributed by atoms with Gasteiger partial charge in [-0.25, -0.2) is 4.79 Å². The van der Waals surface area contributed by atoms with Crippen LogP contribution in [0.3, 0.4) is 0 Å². The zero-order valence-corrected chi connectivity index (χ0v) is 8.68. The second-order valence-electron chi connectivity index (χ2n) is 2.56. The lowest BCUT2D eigenvalue weighted by molar-refractivity contribution is -0.136. The Morgan fingerprint density at radius 3 is 2.82 bits per heavy atom. The van der Waals surface area contributed by atoms with E-state index in [1.807, 2.05) is 0 Å². The van der Waals surface area contributed by atoms with Crippen molar-refractivity contribution in [3.8, 4) is 0 Å². The quantitative estimate of drug-likeness (QED) is 0.579. The van der Waals surface area contributed by atoms with Gasteiger partial charge in [0.2, 0.25) is 0 Å². The van der Waals surface area contributed by atoms with E-state index in [4.69, 9.17) is 4.74 Å². The van der Waals surface area contributed by atoms with Gasteiger partial charge in [0.1, 0.15) is 6.61 Å². The first-order chi connectivity index (χ1) is 5.25. The van der Waals surface area contributed by atoms with Gasteiger partial charge < -0.3 is 4.74 Å². The Morgan fingerprint density at radius 1 is 1.64 bits per heavy atom. The minimum atomic E-state index is -0.108. The Hall–Kier alpha value is -0.0600. The second kappa shape index (κ2) is 4.09. The lowest BCUT2D eigenvalue weighted by Crippen LogP contribution is -1.98. The van der Waals surface area contributed by atoms with Gasteiger partial charge in [-0.2, -0.15) is 0 Å². The maximum Gasteiger partial charge on any atom is 0.335 e. The summed E-state index contributed by atoms with van der Waals surface area (Å²) in [4.78, 5) is 11.0. The van der Waals surface area contributed by atoms with E-state index in [1.54, 1.807) is 0 Å². The first-order valence-electron chi connectivity index (χ1n) is 3.80. The molecule has 1 rings (SSSR count). The lowest BCUT2D eigenvalue weighted by Gasteiger charge is -1.96. The molecule has 0 fully saturated rings. The zero-order valence-electron chi connectivity index (χ0n) is 6.52. The normalized spacial score (nSPS) is 17.5. The molecule has 62 valence electrons. The second-order valence-corrected chi connectivity index (χ2v) is 3.87. The SMILES string of the molecule is CCCCC1=C(I)COC1=O. The van der Waals surface area contributed by atoms with Gasteiger partial charge in [0.25, 0.3) is 0 Å². The number of carbonyl (C=O) groups excluding carboxylic acids is 1. The number of carbonyl (C=O) groups is 1. The van der Waals surface area contributed by atoms with Crippen LogP contribution in [0, 0.1) is 0 Å². The van der Waals surface area contributed by atoms with Crippen LogP contribution >= 0.6 is 22.6 Å². The zero-order chi connectivity index (χ0) is 8.27. The molecule has 0 aliphatic carbocycles. The third-order valence-electron chi connectivity index (χ3n) is 1.68. The molecule has 0 aromatic rings. The number of ether oxygens (including phenoxy) is 1. The first-order valence-corrected chi connectivity index (χ1v) is 4.88. The lowest BCUT2D eigenvalue weighted by atomic mass is 10.1. The third kappa shape index (κ3) is 2.18. The van der Waals surface area contributed by atoms with Gasteiger partial charge in [-0.15, -0.1) is 0 Å². The van der Waals surface area contributed by atoms with Crippen molar-refractivity contribution in [1.82, 2.24) is 0 Å². The molecule has 1 aliphatic heterocycles. The first kappa shape index (κ1) is 9.03. The fourth-order valence-corrected chi connectivity index (χ4v) is 1.65.